The van der Waals surface area contributed by atoms with Gasteiger partial charge in [0, 0.05) is 74.8 Å². The highest BCUT2D eigenvalue weighted by molar-refractivity contribution is 7.90. The first-order valence-corrected chi connectivity index (χ1v) is 25.3. The van der Waals surface area contributed by atoms with E-state index < -0.39 is 43.7 Å². The normalized spacial score (nSPS) is 19.6. The van der Waals surface area contributed by atoms with Gasteiger partial charge in [0.1, 0.15) is 23.7 Å². The average molecular weight is 966 g/mol. The van der Waals surface area contributed by atoms with E-state index in [1.165, 1.54) is 36.4 Å². The number of aromatic amines is 1. The van der Waals surface area contributed by atoms with E-state index in [0.717, 1.165) is 68.9 Å². The molecular weight excluding hydrogens is 906 g/mol. The molecule has 6 heterocycles. The summed E-state index contributed by atoms with van der Waals surface area (Å²) < 4.78 is 57.2. The van der Waals surface area contributed by atoms with Crippen molar-refractivity contribution in [2.75, 3.05) is 64.9 Å². The van der Waals surface area contributed by atoms with Gasteiger partial charge in [-0.2, -0.15) is 0 Å². The molecule has 1 unspecified atom stereocenters. The van der Waals surface area contributed by atoms with Crippen LogP contribution in [-0.4, -0.2) is 126 Å². The molecule has 1 aliphatic carbocycles. The molecule has 3 aliphatic heterocycles. The van der Waals surface area contributed by atoms with Crippen molar-refractivity contribution in [2.45, 2.75) is 93.8 Å². The van der Waals surface area contributed by atoms with Gasteiger partial charge >= 0.3 is 5.69 Å². The molecule has 4 aliphatic rings. The molecule has 2 N–H and O–H groups in total. The number of benzene rings is 2. The largest absolute Gasteiger partial charge is 0.483 e. The van der Waals surface area contributed by atoms with E-state index in [1.807, 2.05) is 10.8 Å². The Morgan fingerprint density at radius 1 is 0.971 bits per heavy atom. The Balaban J connectivity index is 0.879. The number of amides is 2. The summed E-state index contributed by atoms with van der Waals surface area (Å²) in [7, 11) is -1.21. The second-order valence-corrected chi connectivity index (χ2v) is 21.5. The van der Waals surface area contributed by atoms with Gasteiger partial charge in [0.05, 0.1) is 34.4 Å². The van der Waals surface area contributed by atoms with Crippen LogP contribution in [0.5, 0.6) is 17.2 Å². The van der Waals surface area contributed by atoms with Crippen LogP contribution in [0.2, 0.25) is 0 Å². The molecule has 1 saturated carbocycles. The van der Waals surface area contributed by atoms with Crippen LogP contribution in [-0.2, 0) is 14.8 Å². The van der Waals surface area contributed by atoms with Gasteiger partial charge in [-0.3, -0.25) is 24.6 Å². The number of ether oxygens (including phenoxy) is 2. The van der Waals surface area contributed by atoms with E-state index >= 15 is 4.39 Å². The standard InChI is InChI=1S/C50H60FN9O8S/c1-33(2)39-8-5-6-9-40(39)41-10-7-19-59(41)36-27-49(28-36)14-20-57(21-15-49)35-25-44(68-37-24-34-13-18-52-47(34)54-30-37)46(53-29-35)48(62)55-69(65,66)38-11-12-43(42(26-38)60(63)64)67-32-50(51)16-22-58(23-17-50)45(61)31-56(3)4/h5-6,8-9,11-13,18,24-26,29-30,33,36,41H,7,10,14-17,19-23,27-28,31-32H2,1-4H3,(H,52,54)(H,55,62). The van der Waals surface area contributed by atoms with Crippen molar-refractivity contribution in [3.63, 3.8) is 0 Å². The van der Waals surface area contributed by atoms with Crippen LogP contribution in [0, 0.1) is 15.5 Å². The number of nitrogens with zero attached hydrogens (tertiary/aromatic N) is 7. The predicted molar refractivity (Wildman–Crippen MR) is 258 cm³/mol. The Morgan fingerprint density at radius 3 is 2.45 bits per heavy atom. The Morgan fingerprint density at radius 2 is 1.72 bits per heavy atom. The van der Waals surface area contributed by atoms with Crippen LogP contribution in [0.3, 0.4) is 0 Å². The molecule has 0 bridgehead atoms. The molecule has 1 atom stereocenters. The molecule has 3 saturated heterocycles. The number of alkyl halides is 1. The van der Waals surface area contributed by atoms with E-state index in [4.69, 9.17) is 9.47 Å². The van der Waals surface area contributed by atoms with Gasteiger partial charge in [0.2, 0.25) is 5.91 Å². The Hall–Kier alpha value is -6.18. The summed E-state index contributed by atoms with van der Waals surface area (Å²) in [6, 6.07) is 18.0. The van der Waals surface area contributed by atoms with E-state index in [2.05, 4.69) is 62.9 Å². The molecule has 0 radical (unpaired) electrons. The van der Waals surface area contributed by atoms with Crippen molar-refractivity contribution in [1.29, 1.82) is 0 Å². The first-order chi connectivity index (χ1) is 33.0. The van der Waals surface area contributed by atoms with Gasteiger partial charge in [-0.25, -0.2) is 27.5 Å². The van der Waals surface area contributed by atoms with Crippen molar-refractivity contribution in [3.8, 4) is 17.2 Å². The first kappa shape index (κ1) is 47.9. The summed E-state index contributed by atoms with van der Waals surface area (Å²) in [4.78, 5) is 57.3. The number of piperidine rings is 2. The number of rotatable bonds is 15. The number of likely N-dealkylation sites (N-methyl/N-ethyl adjacent to an activating group) is 1. The smallest absolute Gasteiger partial charge is 0.312 e. The van der Waals surface area contributed by atoms with E-state index in [9.17, 15) is 28.1 Å². The maximum atomic E-state index is 15.8. The van der Waals surface area contributed by atoms with Gasteiger partial charge in [-0.1, -0.05) is 38.1 Å². The zero-order chi connectivity index (χ0) is 48.7. The van der Waals surface area contributed by atoms with Crippen LogP contribution < -0.4 is 19.1 Å². The Labute approximate surface area is 401 Å². The molecule has 17 nitrogen and oxygen atoms in total. The number of fused-ring (bicyclic) bond motifs is 1. The second kappa shape index (κ2) is 19.3. The van der Waals surface area contributed by atoms with Gasteiger partial charge in [0.15, 0.2) is 17.2 Å². The lowest BCUT2D eigenvalue weighted by atomic mass is 9.59. The molecule has 2 amide bonds. The molecule has 1 spiro atoms. The third kappa shape index (κ3) is 10.3. The number of nitrogens with one attached hydrogen (secondary N) is 2. The third-order valence-corrected chi connectivity index (χ3v) is 15.9. The summed E-state index contributed by atoms with van der Waals surface area (Å²) in [5.41, 5.74) is 1.57. The average Bonchev–Trinajstić information content (AvgIpc) is 4.00. The summed E-state index contributed by atoms with van der Waals surface area (Å²) in [5.74, 6) is -0.851. The molecular formula is C50H60FN9O8S. The maximum absolute atomic E-state index is 15.8. The Kier molecular flexibility index (Phi) is 13.4. The highest BCUT2D eigenvalue weighted by Crippen LogP contribution is 2.54. The van der Waals surface area contributed by atoms with Crippen LogP contribution in [0.1, 0.15) is 98.8 Å². The number of likely N-dealkylation sites (tertiary alicyclic amines) is 2. The highest BCUT2D eigenvalue weighted by atomic mass is 32.2. The molecule has 5 aromatic rings. The number of nitro groups is 1. The number of anilines is 1. The predicted octanol–water partition coefficient (Wildman–Crippen LogP) is 7.76. The number of hydrogen-bond donors (Lipinski definition) is 2. The van der Waals surface area contributed by atoms with Crippen molar-refractivity contribution in [2.24, 2.45) is 5.41 Å². The van der Waals surface area contributed by atoms with Crippen molar-refractivity contribution >= 4 is 44.2 Å². The van der Waals surface area contributed by atoms with Crippen LogP contribution in [0.15, 0.2) is 84.1 Å². The number of aromatic nitrogens is 3. The lowest BCUT2D eigenvalue weighted by Crippen LogP contribution is -2.55. The lowest BCUT2D eigenvalue weighted by molar-refractivity contribution is -0.386. The number of pyridine rings is 2. The number of H-pyrrole nitrogens is 1. The zero-order valence-electron chi connectivity index (χ0n) is 39.5. The van der Waals surface area contributed by atoms with Gasteiger partial charge in [-0.05, 0) is 106 Å². The van der Waals surface area contributed by atoms with E-state index in [0.29, 0.717) is 29.3 Å². The summed E-state index contributed by atoms with van der Waals surface area (Å²) in [6.45, 7) is 7.16. The van der Waals surface area contributed by atoms with Gasteiger partial charge < -0.3 is 29.2 Å². The molecule has 69 heavy (non-hydrogen) atoms. The fourth-order valence-corrected chi connectivity index (χ4v) is 11.7. The minimum atomic E-state index is -4.74. The first-order valence-electron chi connectivity index (χ1n) is 23.8. The third-order valence-electron chi connectivity index (χ3n) is 14.5. The van der Waals surface area contributed by atoms with Crippen molar-refractivity contribution < 1.29 is 36.8 Å². The fraction of sp³-hybridized carbons (Fsp3) is 0.480. The number of nitro benzene ring substituents is 1. The topological polar surface area (TPSA) is 196 Å². The SMILES string of the molecule is CC(C)c1ccccc1C1CCCN1C1CC2(CCN(c3cnc(C(=O)NS(=O)(=O)c4ccc(OCC5(F)CCN(C(=O)CN(C)C)CC5)c([N+](=O)[O-])c4)c(Oc4cnc5[nH]ccc5c4)c3)CC2)C1. The van der Waals surface area contributed by atoms with E-state index in [-0.39, 0.29) is 66.7 Å². The number of sulfonamides is 1. The lowest BCUT2D eigenvalue weighted by Gasteiger charge is -2.56. The molecule has 3 aromatic heterocycles. The minimum Gasteiger partial charge on any atom is -0.483 e. The molecule has 366 valence electrons. The number of carbonyl (C=O) groups is 2. The zero-order valence-corrected chi connectivity index (χ0v) is 40.3. The second-order valence-electron chi connectivity index (χ2n) is 19.8. The van der Waals surface area contributed by atoms with Crippen molar-refractivity contribution in [1.82, 2.24) is 34.4 Å². The van der Waals surface area contributed by atoms with Gasteiger partial charge in [-0.15, -0.1) is 0 Å². The maximum Gasteiger partial charge on any atom is 0.312 e. The quantitative estimate of drug-likeness (QED) is 0.0764. The Bertz CT molecular complexity index is 2830. The minimum absolute atomic E-state index is 0.00888. The summed E-state index contributed by atoms with van der Waals surface area (Å²) in [6.07, 6.45) is 11.4. The molecule has 2 aromatic carbocycles. The molecule has 9 rings (SSSR count). The molecule has 19 heteroatoms. The van der Waals surface area contributed by atoms with Crippen LogP contribution in [0.4, 0.5) is 15.8 Å². The van der Waals surface area contributed by atoms with Crippen LogP contribution >= 0.6 is 0 Å². The van der Waals surface area contributed by atoms with Crippen LogP contribution in [0.25, 0.3) is 11.0 Å². The number of halogens is 1. The summed E-state index contributed by atoms with van der Waals surface area (Å²) >= 11 is 0. The van der Waals surface area contributed by atoms with Gasteiger partial charge in [0.25, 0.3) is 15.9 Å². The fourth-order valence-electron chi connectivity index (χ4n) is 10.7. The monoisotopic (exact) mass is 965 g/mol. The molecule has 4 fully saturated rings. The highest BCUT2D eigenvalue weighted by Gasteiger charge is 2.50. The number of carbonyl (C=O) groups excluding carboxylic acids is 2. The van der Waals surface area contributed by atoms with E-state index in [1.54, 1.807) is 42.2 Å². The number of hydrogen-bond acceptors (Lipinski definition) is 13. The summed E-state index contributed by atoms with van der Waals surface area (Å²) in [5, 5.41) is 13.0. The van der Waals surface area contributed by atoms with Crippen molar-refractivity contribution in [3.05, 3.63) is 106 Å².